The normalized spacial score (nSPS) is 12.0. The average Bonchev–Trinajstić information content (AvgIpc) is 2.91. The zero-order chi connectivity index (χ0) is 24.6. The lowest BCUT2D eigenvalue weighted by Crippen LogP contribution is -2.27. The molecule has 174 valence electrons. The van der Waals surface area contributed by atoms with Gasteiger partial charge in [-0.15, -0.1) is 0 Å². The molecule has 4 rings (SSSR count). The van der Waals surface area contributed by atoms with Crippen LogP contribution in [0.2, 0.25) is 0 Å². The Morgan fingerprint density at radius 3 is 2.49 bits per heavy atom. The molecule has 0 radical (unpaired) electrons. The first-order valence-electron chi connectivity index (χ1n) is 11.3. The summed E-state index contributed by atoms with van der Waals surface area (Å²) < 4.78 is 11.6. The summed E-state index contributed by atoms with van der Waals surface area (Å²) in [5.74, 6) is 0.673. The number of amides is 1. The van der Waals surface area contributed by atoms with Crippen LogP contribution >= 0.6 is 0 Å². The third-order valence-corrected chi connectivity index (χ3v) is 5.77. The molecule has 5 nitrogen and oxygen atoms in total. The van der Waals surface area contributed by atoms with Crippen molar-refractivity contribution >= 4 is 22.8 Å². The molecule has 0 fully saturated rings. The number of nitrogens with zero attached hydrogens (tertiary/aromatic N) is 1. The molecule has 1 atom stereocenters. The Kier molecular flexibility index (Phi) is 7.44. The molecule has 0 aliphatic rings. The molecule has 4 aromatic rings. The third-order valence-electron chi connectivity index (χ3n) is 5.77. The van der Waals surface area contributed by atoms with Crippen LogP contribution < -0.4 is 14.8 Å². The number of nitrogens with one attached hydrogen (secondary N) is 1. The van der Waals surface area contributed by atoms with Gasteiger partial charge in [-0.3, -0.25) is 4.79 Å². The molecule has 0 unspecified atom stereocenters. The number of carbonyl (C=O) groups excluding carboxylic acids is 1. The van der Waals surface area contributed by atoms with E-state index in [9.17, 15) is 10.1 Å². The van der Waals surface area contributed by atoms with Gasteiger partial charge in [0.05, 0.1) is 13.2 Å². The smallest absolute Gasteiger partial charge is 0.262 e. The Morgan fingerprint density at radius 2 is 1.71 bits per heavy atom. The molecule has 0 heterocycles. The second-order valence-corrected chi connectivity index (χ2v) is 8.11. The van der Waals surface area contributed by atoms with Crippen LogP contribution in [0.1, 0.15) is 29.7 Å². The molecule has 0 aliphatic carbocycles. The fraction of sp³-hybridized carbons (Fsp3) is 0.133. The Labute approximate surface area is 205 Å². The maximum atomic E-state index is 12.7. The van der Waals surface area contributed by atoms with Gasteiger partial charge in [0.15, 0.2) is 11.5 Å². The van der Waals surface area contributed by atoms with Crippen LogP contribution in [0.3, 0.4) is 0 Å². The summed E-state index contributed by atoms with van der Waals surface area (Å²) in [6.45, 7) is 2.27. The average molecular weight is 463 g/mol. The number of benzene rings is 4. The van der Waals surface area contributed by atoms with E-state index in [-0.39, 0.29) is 11.6 Å². The zero-order valence-corrected chi connectivity index (χ0v) is 19.7. The van der Waals surface area contributed by atoms with Crippen molar-refractivity contribution in [2.24, 2.45) is 0 Å². The summed E-state index contributed by atoms with van der Waals surface area (Å²) in [5, 5.41) is 14.8. The Balaban J connectivity index is 1.49. The van der Waals surface area contributed by atoms with Crippen molar-refractivity contribution in [1.82, 2.24) is 5.32 Å². The third kappa shape index (κ3) is 5.69. The van der Waals surface area contributed by atoms with Gasteiger partial charge in [0.25, 0.3) is 5.91 Å². The molecule has 5 heteroatoms. The van der Waals surface area contributed by atoms with E-state index in [2.05, 4.69) is 23.5 Å². The molecule has 0 spiro atoms. The Morgan fingerprint density at radius 1 is 0.971 bits per heavy atom. The maximum absolute atomic E-state index is 12.7. The van der Waals surface area contributed by atoms with Crippen molar-refractivity contribution < 1.29 is 14.3 Å². The first-order valence-corrected chi connectivity index (χ1v) is 11.3. The van der Waals surface area contributed by atoms with E-state index in [1.165, 1.54) is 0 Å². The monoisotopic (exact) mass is 462 g/mol. The van der Waals surface area contributed by atoms with E-state index in [1.807, 2.05) is 67.6 Å². The first kappa shape index (κ1) is 23.6. The fourth-order valence-electron chi connectivity index (χ4n) is 3.88. The van der Waals surface area contributed by atoms with Gasteiger partial charge in [0, 0.05) is 0 Å². The highest BCUT2D eigenvalue weighted by molar-refractivity contribution is 6.01. The second kappa shape index (κ2) is 11.0. The highest BCUT2D eigenvalue weighted by atomic mass is 16.5. The zero-order valence-electron chi connectivity index (χ0n) is 19.7. The van der Waals surface area contributed by atoms with Gasteiger partial charge in [0.2, 0.25) is 0 Å². The largest absolute Gasteiger partial charge is 0.493 e. The van der Waals surface area contributed by atoms with Crippen LogP contribution in [0.4, 0.5) is 0 Å². The molecule has 0 saturated carbocycles. The first-order chi connectivity index (χ1) is 17.1. The quantitative estimate of drug-likeness (QED) is 0.250. The summed E-state index contributed by atoms with van der Waals surface area (Å²) in [6, 6.07) is 31.0. The number of carbonyl (C=O) groups is 1. The molecule has 1 N–H and O–H groups in total. The van der Waals surface area contributed by atoms with Crippen molar-refractivity contribution in [2.45, 2.75) is 19.6 Å². The lowest BCUT2D eigenvalue weighted by atomic mass is 10.1. The number of rotatable bonds is 8. The van der Waals surface area contributed by atoms with Crippen molar-refractivity contribution in [1.29, 1.82) is 5.26 Å². The summed E-state index contributed by atoms with van der Waals surface area (Å²) in [7, 11) is 1.56. The summed E-state index contributed by atoms with van der Waals surface area (Å²) in [4.78, 5) is 12.7. The van der Waals surface area contributed by atoms with Gasteiger partial charge in [-0.05, 0) is 52.6 Å². The molecular weight excluding hydrogens is 436 g/mol. The highest BCUT2D eigenvalue weighted by Crippen LogP contribution is 2.30. The number of hydrogen-bond donors (Lipinski definition) is 1. The summed E-state index contributed by atoms with van der Waals surface area (Å²) >= 11 is 0. The number of methoxy groups -OCH3 is 1. The van der Waals surface area contributed by atoms with Crippen LogP contribution in [0.5, 0.6) is 11.5 Å². The van der Waals surface area contributed by atoms with E-state index in [4.69, 9.17) is 9.47 Å². The molecular formula is C30H26N2O3. The minimum atomic E-state index is -0.431. The lowest BCUT2D eigenvalue weighted by molar-refractivity contribution is -0.117. The predicted molar refractivity (Wildman–Crippen MR) is 138 cm³/mol. The van der Waals surface area contributed by atoms with E-state index in [0.29, 0.717) is 23.7 Å². The number of fused-ring (bicyclic) bond motifs is 1. The minimum absolute atomic E-state index is 0.0132. The highest BCUT2D eigenvalue weighted by Gasteiger charge is 2.14. The van der Waals surface area contributed by atoms with Crippen LogP contribution in [-0.4, -0.2) is 13.0 Å². The van der Waals surface area contributed by atoms with Crippen LogP contribution in [-0.2, 0) is 11.4 Å². The van der Waals surface area contributed by atoms with Crippen molar-refractivity contribution in [3.8, 4) is 17.6 Å². The van der Waals surface area contributed by atoms with Gasteiger partial charge in [-0.25, -0.2) is 0 Å². The molecule has 0 aliphatic heterocycles. The molecule has 4 aromatic carbocycles. The standard InChI is InChI=1S/C30H26N2O3/c1-21(23-9-4-3-5-10-23)32-30(33)26(19-31)17-22-15-16-28(29(18-22)34-2)35-20-25-13-8-12-24-11-6-7-14-27(24)25/h3-18,21H,20H2,1-2H3,(H,32,33)/b26-17+/t21-/m0/s1. The van der Waals surface area contributed by atoms with Crippen LogP contribution in [0.15, 0.2) is 96.6 Å². The van der Waals surface area contributed by atoms with E-state index in [0.717, 1.165) is 21.9 Å². The maximum Gasteiger partial charge on any atom is 0.262 e. The van der Waals surface area contributed by atoms with E-state index in [1.54, 1.807) is 31.4 Å². The number of ether oxygens (including phenoxy) is 2. The van der Waals surface area contributed by atoms with Crippen LogP contribution in [0.25, 0.3) is 16.8 Å². The molecule has 0 bridgehead atoms. The second-order valence-electron chi connectivity index (χ2n) is 8.11. The number of hydrogen-bond acceptors (Lipinski definition) is 4. The molecule has 0 aromatic heterocycles. The minimum Gasteiger partial charge on any atom is -0.493 e. The van der Waals surface area contributed by atoms with Crippen molar-refractivity contribution in [3.63, 3.8) is 0 Å². The topological polar surface area (TPSA) is 71.3 Å². The Hall–Kier alpha value is -4.56. The van der Waals surface area contributed by atoms with Crippen LogP contribution in [0, 0.1) is 11.3 Å². The molecule has 0 saturated heterocycles. The van der Waals surface area contributed by atoms with E-state index < -0.39 is 5.91 Å². The van der Waals surface area contributed by atoms with Crippen molar-refractivity contribution in [3.05, 3.63) is 113 Å². The van der Waals surface area contributed by atoms with Gasteiger partial charge in [-0.1, -0.05) is 78.9 Å². The SMILES string of the molecule is COc1cc(/C=C(\C#N)C(=O)N[C@@H](C)c2ccccc2)ccc1OCc1cccc2ccccc12. The predicted octanol–water partition coefficient (Wildman–Crippen LogP) is 6.21. The Bertz CT molecular complexity index is 1400. The molecule has 1 amide bonds. The van der Waals surface area contributed by atoms with Gasteiger partial charge in [0.1, 0.15) is 18.2 Å². The lowest BCUT2D eigenvalue weighted by Gasteiger charge is -2.14. The summed E-state index contributed by atoms with van der Waals surface area (Å²) in [6.07, 6.45) is 1.55. The summed E-state index contributed by atoms with van der Waals surface area (Å²) in [5.41, 5.74) is 2.72. The van der Waals surface area contributed by atoms with Crippen molar-refractivity contribution in [2.75, 3.05) is 7.11 Å². The van der Waals surface area contributed by atoms with Gasteiger partial charge >= 0.3 is 0 Å². The molecule has 35 heavy (non-hydrogen) atoms. The number of nitriles is 1. The van der Waals surface area contributed by atoms with Gasteiger partial charge in [-0.2, -0.15) is 5.26 Å². The fourth-order valence-corrected chi connectivity index (χ4v) is 3.88. The van der Waals surface area contributed by atoms with E-state index >= 15 is 0 Å². The van der Waals surface area contributed by atoms with Gasteiger partial charge < -0.3 is 14.8 Å².